The Morgan fingerprint density at radius 3 is 2.42 bits per heavy atom. The molecule has 1 aliphatic heterocycles. The second-order valence-corrected chi connectivity index (χ2v) is 6.59. The van der Waals surface area contributed by atoms with Gasteiger partial charge >= 0.3 is 6.03 Å². The van der Waals surface area contributed by atoms with Crippen LogP contribution in [0.15, 0.2) is 54.6 Å². The summed E-state index contributed by atoms with van der Waals surface area (Å²) in [5.41, 5.74) is 2.11. The number of likely N-dealkylation sites (tertiary alicyclic amines) is 1. The molecule has 0 saturated carbocycles. The lowest BCUT2D eigenvalue weighted by Gasteiger charge is -2.32. The summed E-state index contributed by atoms with van der Waals surface area (Å²) in [4.78, 5) is 14.6. The van der Waals surface area contributed by atoms with Crippen molar-refractivity contribution in [3.05, 3.63) is 60.2 Å². The number of hydrogen-bond donors (Lipinski definition) is 2. The fraction of sp³-hybridized carbons (Fsp3) is 0.381. The average molecular weight is 353 g/mol. The first-order chi connectivity index (χ1) is 12.7. The molecule has 138 valence electrons. The van der Waals surface area contributed by atoms with E-state index in [4.69, 9.17) is 4.74 Å². The lowest BCUT2D eigenvalue weighted by atomic mass is 10.0. The topological polar surface area (TPSA) is 53.6 Å². The van der Waals surface area contributed by atoms with Gasteiger partial charge in [0, 0.05) is 31.4 Å². The Balaban J connectivity index is 1.40. The highest BCUT2D eigenvalue weighted by molar-refractivity contribution is 5.89. The fourth-order valence-electron chi connectivity index (χ4n) is 3.23. The van der Waals surface area contributed by atoms with Crippen molar-refractivity contribution in [1.29, 1.82) is 0 Å². The third-order valence-corrected chi connectivity index (χ3v) is 4.59. The molecule has 1 heterocycles. The Labute approximate surface area is 155 Å². The first kappa shape index (κ1) is 18.3. The number of benzene rings is 2. The molecule has 0 unspecified atom stereocenters. The SMILES string of the molecule is CCOc1ccc(NC(=O)NC2CCN(Cc3ccccc3)CC2)cc1. The summed E-state index contributed by atoms with van der Waals surface area (Å²) >= 11 is 0. The first-order valence-corrected chi connectivity index (χ1v) is 9.29. The molecule has 0 bridgehead atoms. The lowest BCUT2D eigenvalue weighted by molar-refractivity contribution is 0.190. The van der Waals surface area contributed by atoms with Crippen molar-refractivity contribution >= 4 is 11.7 Å². The van der Waals surface area contributed by atoms with Crippen molar-refractivity contribution in [1.82, 2.24) is 10.2 Å². The molecule has 2 amide bonds. The molecule has 0 aromatic heterocycles. The second kappa shape index (κ2) is 9.25. The van der Waals surface area contributed by atoms with Crippen molar-refractivity contribution in [2.75, 3.05) is 25.0 Å². The highest BCUT2D eigenvalue weighted by Gasteiger charge is 2.20. The zero-order valence-electron chi connectivity index (χ0n) is 15.3. The van der Waals surface area contributed by atoms with E-state index in [1.807, 2.05) is 37.3 Å². The maximum absolute atomic E-state index is 12.2. The maximum Gasteiger partial charge on any atom is 0.319 e. The van der Waals surface area contributed by atoms with Gasteiger partial charge in [-0.25, -0.2) is 4.79 Å². The van der Waals surface area contributed by atoms with Crippen molar-refractivity contribution in [3.8, 4) is 5.75 Å². The molecular weight excluding hydrogens is 326 g/mol. The molecule has 1 aliphatic rings. The van der Waals surface area contributed by atoms with Crippen LogP contribution in [0.5, 0.6) is 5.75 Å². The minimum Gasteiger partial charge on any atom is -0.494 e. The van der Waals surface area contributed by atoms with Crippen LogP contribution in [0.4, 0.5) is 10.5 Å². The van der Waals surface area contributed by atoms with Gasteiger partial charge in [-0.15, -0.1) is 0 Å². The average Bonchev–Trinajstić information content (AvgIpc) is 2.66. The molecular formula is C21H27N3O2. The lowest BCUT2D eigenvalue weighted by Crippen LogP contribution is -2.45. The van der Waals surface area contributed by atoms with Gasteiger partial charge in [0.1, 0.15) is 5.75 Å². The number of ether oxygens (including phenoxy) is 1. The molecule has 0 atom stereocenters. The summed E-state index contributed by atoms with van der Waals surface area (Å²) in [6.45, 7) is 5.57. The summed E-state index contributed by atoms with van der Waals surface area (Å²) in [6.07, 6.45) is 1.95. The Kier molecular flexibility index (Phi) is 6.50. The monoisotopic (exact) mass is 353 g/mol. The third kappa shape index (κ3) is 5.49. The van der Waals surface area contributed by atoms with Crippen LogP contribution in [0.3, 0.4) is 0 Å². The van der Waals surface area contributed by atoms with Crippen molar-refractivity contribution in [2.45, 2.75) is 32.4 Å². The van der Waals surface area contributed by atoms with Crippen molar-refractivity contribution in [2.24, 2.45) is 0 Å². The summed E-state index contributed by atoms with van der Waals surface area (Å²) in [6, 6.07) is 18.0. The van der Waals surface area contributed by atoms with E-state index < -0.39 is 0 Å². The number of rotatable bonds is 6. The van der Waals surface area contributed by atoms with Gasteiger partial charge in [-0.3, -0.25) is 4.90 Å². The molecule has 3 rings (SSSR count). The number of hydrogen-bond acceptors (Lipinski definition) is 3. The molecule has 2 aromatic carbocycles. The summed E-state index contributed by atoms with van der Waals surface area (Å²) < 4.78 is 5.41. The summed E-state index contributed by atoms with van der Waals surface area (Å²) in [5, 5.41) is 5.97. The van der Waals surface area contributed by atoms with Crippen LogP contribution < -0.4 is 15.4 Å². The van der Waals surface area contributed by atoms with Crippen LogP contribution >= 0.6 is 0 Å². The molecule has 1 fully saturated rings. The van der Waals surface area contributed by atoms with Crippen LogP contribution in [0, 0.1) is 0 Å². The van der Waals surface area contributed by atoms with Gasteiger partial charge in [-0.05, 0) is 49.6 Å². The zero-order valence-corrected chi connectivity index (χ0v) is 15.3. The summed E-state index contributed by atoms with van der Waals surface area (Å²) in [7, 11) is 0. The third-order valence-electron chi connectivity index (χ3n) is 4.59. The largest absolute Gasteiger partial charge is 0.494 e. The van der Waals surface area contributed by atoms with E-state index in [1.165, 1.54) is 5.56 Å². The smallest absolute Gasteiger partial charge is 0.319 e. The Morgan fingerprint density at radius 2 is 1.77 bits per heavy atom. The van der Waals surface area contributed by atoms with Crippen molar-refractivity contribution < 1.29 is 9.53 Å². The zero-order chi connectivity index (χ0) is 18.2. The first-order valence-electron chi connectivity index (χ1n) is 9.29. The highest BCUT2D eigenvalue weighted by atomic mass is 16.5. The van der Waals surface area contributed by atoms with E-state index in [-0.39, 0.29) is 12.1 Å². The highest BCUT2D eigenvalue weighted by Crippen LogP contribution is 2.17. The van der Waals surface area contributed by atoms with Crippen LogP contribution in [0.25, 0.3) is 0 Å². The number of nitrogens with one attached hydrogen (secondary N) is 2. The molecule has 0 aliphatic carbocycles. The molecule has 0 radical (unpaired) electrons. The quantitative estimate of drug-likeness (QED) is 0.829. The number of nitrogens with zero attached hydrogens (tertiary/aromatic N) is 1. The molecule has 5 heteroatoms. The predicted molar refractivity (Wildman–Crippen MR) is 105 cm³/mol. The van der Waals surface area contributed by atoms with Crippen LogP contribution in [-0.4, -0.2) is 36.7 Å². The van der Waals surface area contributed by atoms with Gasteiger partial charge in [-0.1, -0.05) is 30.3 Å². The number of amides is 2. The maximum atomic E-state index is 12.2. The van der Waals surface area contributed by atoms with Crippen LogP contribution in [0.1, 0.15) is 25.3 Å². The fourth-order valence-corrected chi connectivity index (χ4v) is 3.23. The van der Waals surface area contributed by atoms with E-state index in [9.17, 15) is 4.79 Å². The van der Waals surface area contributed by atoms with Gasteiger partial charge in [0.2, 0.25) is 0 Å². The van der Waals surface area contributed by atoms with Gasteiger partial charge in [0.25, 0.3) is 0 Å². The molecule has 2 N–H and O–H groups in total. The van der Waals surface area contributed by atoms with Gasteiger partial charge < -0.3 is 15.4 Å². The van der Waals surface area contributed by atoms with Crippen molar-refractivity contribution in [3.63, 3.8) is 0 Å². The Morgan fingerprint density at radius 1 is 1.08 bits per heavy atom. The molecule has 0 spiro atoms. The van der Waals surface area contributed by atoms with Crippen LogP contribution in [-0.2, 0) is 6.54 Å². The Bertz CT molecular complexity index is 680. The van der Waals surface area contributed by atoms with E-state index >= 15 is 0 Å². The van der Waals surface area contributed by atoms with Gasteiger partial charge in [-0.2, -0.15) is 0 Å². The van der Waals surface area contributed by atoms with Gasteiger partial charge in [0.05, 0.1) is 6.61 Å². The normalized spacial score (nSPS) is 15.4. The molecule has 26 heavy (non-hydrogen) atoms. The number of anilines is 1. The standard InChI is InChI=1S/C21H27N3O2/c1-2-26-20-10-8-18(9-11-20)22-21(25)23-19-12-14-24(15-13-19)16-17-6-4-3-5-7-17/h3-11,19H,2,12-16H2,1H3,(H2,22,23,25). The van der Waals surface area contributed by atoms with E-state index in [0.29, 0.717) is 6.61 Å². The minimum absolute atomic E-state index is 0.143. The summed E-state index contributed by atoms with van der Waals surface area (Å²) in [5.74, 6) is 0.809. The number of carbonyl (C=O) groups excluding carboxylic acids is 1. The van der Waals surface area contributed by atoms with E-state index in [1.54, 1.807) is 0 Å². The molecule has 2 aromatic rings. The van der Waals surface area contributed by atoms with E-state index in [0.717, 1.165) is 43.9 Å². The van der Waals surface area contributed by atoms with Gasteiger partial charge in [0.15, 0.2) is 0 Å². The predicted octanol–water partition coefficient (Wildman–Crippen LogP) is 3.87. The molecule has 5 nitrogen and oxygen atoms in total. The Hall–Kier alpha value is -2.53. The minimum atomic E-state index is -0.143. The number of carbonyl (C=O) groups is 1. The van der Waals surface area contributed by atoms with Crippen LogP contribution in [0.2, 0.25) is 0 Å². The second-order valence-electron chi connectivity index (χ2n) is 6.59. The number of piperidine rings is 1. The number of urea groups is 1. The van der Waals surface area contributed by atoms with E-state index in [2.05, 4.69) is 39.8 Å². The molecule has 1 saturated heterocycles.